The second-order valence-electron chi connectivity index (χ2n) is 4.05. The van der Waals surface area contributed by atoms with E-state index < -0.39 is 10.0 Å². The second-order valence-corrected chi connectivity index (χ2v) is 6.17. The number of aromatic nitrogens is 1. The number of carbonyl (C=O) groups is 1. The molecule has 0 radical (unpaired) electrons. The van der Waals surface area contributed by atoms with Gasteiger partial charge in [-0.15, -0.1) is 0 Å². The molecule has 0 unspecified atom stereocenters. The molecule has 104 valence electrons. The maximum atomic E-state index is 12.2. The van der Waals surface area contributed by atoms with Crippen molar-refractivity contribution in [2.45, 2.75) is 11.8 Å². The molecule has 0 aliphatic heterocycles. The number of nitrogens with one attached hydrogen (secondary N) is 1. The van der Waals surface area contributed by atoms with E-state index in [2.05, 4.69) is 9.71 Å². The van der Waals surface area contributed by atoms with Crippen molar-refractivity contribution in [3.63, 3.8) is 0 Å². The quantitative estimate of drug-likeness (QED) is 0.881. The molecule has 0 amide bonds. The molecule has 1 aromatic carbocycles. The smallest absolute Gasteiger partial charge is 0.263 e. The Morgan fingerprint density at radius 3 is 2.65 bits per heavy atom. The standard InChI is InChI=1S/C13H11ClN2O3S/c1-9(17)10-3-2-4-12(7-10)20(18,19)16-13-8-11(14)5-6-15-13/h2-8H,1H3,(H,15,16). The molecule has 0 atom stereocenters. The van der Waals surface area contributed by atoms with Crippen LogP contribution in [-0.2, 0) is 10.0 Å². The van der Waals surface area contributed by atoms with Gasteiger partial charge >= 0.3 is 0 Å². The van der Waals surface area contributed by atoms with Gasteiger partial charge in [-0.25, -0.2) is 13.4 Å². The minimum atomic E-state index is -3.81. The molecular weight excluding hydrogens is 300 g/mol. The number of sulfonamides is 1. The van der Waals surface area contributed by atoms with Gasteiger partial charge in [-0.3, -0.25) is 9.52 Å². The lowest BCUT2D eigenvalue weighted by atomic mass is 10.2. The number of ketones is 1. The van der Waals surface area contributed by atoms with Gasteiger partial charge in [-0.2, -0.15) is 0 Å². The largest absolute Gasteiger partial charge is 0.295 e. The van der Waals surface area contributed by atoms with Gasteiger partial charge < -0.3 is 0 Å². The lowest BCUT2D eigenvalue weighted by molar-refractivity contribution is 0.101. The first kappa shape index (κ1) is 14.5. The molecule has 0 aliphatic rings. The van der Waals surface area contributed by atoms with E-state index in [1.165, 1.54) is 43.5 Å². The van der Waals surface area contributed by atoms with Crippen LogP contribution in [0.5, 0.6) is 0 Å². The van der Waals surface area contributed by atoms with E-state index in [9.17, 15) is 13.2 Å². The fourth-order valence-electron chi connectivity index (χ4n) is 1.54. The number of anilines is 1. The third-order valence-electron chi connectivity index (χ3n) is 2.51. The van der Waals surface area contributed by atoms with E-state index in [-0.39, 0.29) is 16.5 Å². The fourth-order valence-corrected chi connectivity index (χ4v) is 2.74. The molecule has 0 saturated carbocycles. The molecule has 7 heteroatoms. The summed E-state index contributed by atoms with van der Waals surface area (Å²) in [5.41, 5.74) is 0.326. The Morgan fingerprint density at radius 1 is 1.25 bits per heavy atom. The highest BCUT2D eigenvalue weighted by atomic mass is 35.5. The monoisotopic (exact) mass is 310 g/mol. The Morgan fingerprint density at radius 2 is 2.00 bits per heavy atom. The number of pyridine rings is 1. The van der Waals surface area contributed by atoms with Gasteiger partial charge in [-0.05, 0) is 25.1 Å². The maximum absolute atomic E-state index is 12.2. The molecule has 1 heterocycles. The highest BCUT2D eigenvalue weighted by Crippen LogP contribution is 2.18. The van der Waals surface area contributed by atoms with Crippen molar-refractivity contribution in [3.05, 3.63) is 53.2 Å². The zero-order chi connectivity index (χ0) is 14.8. The van der Waals surface area contributed by atoms with Crippen LogP contribution in [-0.4, -0.2) is 19.2 Å². The Balaban J connectivity index is 2.35. The molecule has 5 nitrogen and oxygen atoms in total. The van der Waals surface area contributed by atoms with Gasteiger partial charge in [0.25, 0.3) is 10.0 Å². The number of rotatable bonds is 4. The summed E-state index contributed by atoms with van der Waals surface area (Å²) in [6.07, 6.45) is 1.40. The highest BCUT2D eigenvalue weighted by Gasteiger charge is 2.16. The molecule has 0 bridgehead atoms. The number of benzene rings is 1. The van der Waals surface area contributed by atoms with Crippen molar-refractivity contribution >= 4 is 33.2 Å². The average Bonchev–Trinajstić information content (AvgIpc) is 2.38. The van der Waals surface area contributed by atoms with E-state index in [1.807, 2.05) is 0 Å². The van der Waals surface area contributed by atoms with Gasteiger partial charge in [0, 0.05) is 22.8 Å². The van der Waals surface area contributed by atoms with Crippen LogP contribution < -0.4 is 4.72 Å². The first-order valence-electron chi connectivity index (χ1n) is 5.64. The lowest BCUT2D eigenvalue weighted by Crippen LogP contribution is -2.14. The van der Waals surface area contributed by atoms with Gasteiger partial charge in [-0.1, -0.05) is 23.7 Å². The maximum Gasteiger partial charge on any atom is 0.263 e. The predicted octanol–water partition coefficient (Wildman–Crippen LogP) is 2.74. The van der Waals surface area contributed by atoms with Crippen molar-refractivity contribution in [2.75, 3.05) is 4.72 Å². The molecule has 0 fully saturated rings. The summed E-state index contributed by atoms with van der Waals surface area (Å²) < 4.78 is 26.7. The van der Waals surface area contributed by atoms with Gasteiger partial charge in [0.15, 0.2) is 5.78 Å². The summed E-state index contributed by atoms with van der Waals surface area (Å²) in [6.45, 7) is 1.37. The number of carbonyl (C=O) groups excluding carboxylic acids is 1. The molecule has 20 heavy (non-hydrogen) atoms. The van der Waals surface area contributed by atoms with Gasteiger partial charge in [0.2, 0.25) is 0 Å². The zero-order valence-electron chi connectivity index (χ0n) is 10.5. The first-order chi connectivity index (χ1) is 9.38. The SMILES string of the molecule is CC(=O)c1cccc(S(=O)(=O)Nc2cc(Cl)ccn2)c1. The van der Waals surface area contributed by atoms with Crippen molar-refractivity contribution in [1.29, 1.82) is 0 Å². The van der Waals surface area contributed by atoms with Gasteiger partial charge in [0.1, 0.15) is 5.82 Å². The highest BCUT2D eigenvalue weighted by molar-refractivity contribution is 7.92. The normalized spacial score (nSPS) is 11.1. The number of hydrogen-bond acceptors (Lipinski definition) is 4. The molecular formula is C13H11ClN2O3S. The van der Waals surface area contributed by atoms with E-state index in [1.54, 1.807) is 6.07 Å². The third-order valence-corrected chi connectivity index (χ3v) is 4.10. The molecule has 0 saturated heterocycles. The molecule has 2 rings (SSSR count). The third kappa shape index (κ3) is 3.34. The fraction of sp³-hybridized carbons (Fsp3) is 0.0769. The molecule has 1 N–H and O–H groups in total. The van der Waals surface area contributed by atoms with Crippen LogP contribution in [0, 0.1) is 0 Å². The number of Topliss-reactive ketones (excluding diaryl/α,β-unsaturated/α-hetero) is 1. The van der Waals surface area contributed by atoms with Crippen molar-refractivity contribution in [1.82, 2.24) is 4.98 Å². The van der Waals surface area contributed by atoms with Crippen molar-refractivity contribution < 1.29 is 13.2 Å². The first-order valence-corrected chi connectivity index (χ1v) is 7.50. The molecule has 2 aromatic rings. The van der Waals surface area contributed by atoms with Crippen LogP contribution in [0.1, 0.15) is 17.3 Å². The predicted molar refractivity (Wildman–Crippen MR) is 76.5 cm³/mol. The van der Waals surface area contributed by atoms with E-state index >= 15 is 0 Å². The minimum Gasteiger partial charge on any atom is -0.295 e. The van der Waals surface area contributed by atoms with Crippen LogP contribution in [0.4, 0.5) is 5.82 Å². The molecule has 0 aliphatic carbocycles. The second kappa shape index (κ2) is 5.60. The van der Waals surface area contributed by atoms with Crippen LogP contribution >= 0.6 is 11.6 Å². The van der Waals surface area contributed by atoms with Crippen molar-refractivity contribution in [3.8, 4) is 0 Å². The topological polar surface area (TPSA) is 76.1 Å². The lowest BCUT2D eigenvalue weighted by Gasteiger charge is -2.08. The van der Waals surface area contributed by atoms with Crippen LogP contribution in [0.2, 0.25) is 5.02 Å². The van der Waals surface area contributed by atoms with Crippen LogP contribution in [0.3, 0.4) is 0 Å². The summed E-state index contributed by atoms with van der Waals surface area (Å²) in [7, 11) is -3.81. The summed E-state index contributed by atoms with van der Waals surface area (Å²) in [4.78, 5) is 15.1. The number of hydrogen-bond donors (Lipinski definition) is 1. The average molecular weight is 311 g/mol. The number of halogens is 1. The Hall–Kier alpha value is -1.92. The summed E-state index contributed by atoms with van der Waals surface area (Å²) in [6, 6.07) is 8.72. The number of nitrogens with zero attached hydrogens (tertiary/aromatic N) is 1. The Kier molecular flexibility index (Phi) is 4.06. The Bertz CT molecular complexity index is 760. The van der Waals surface area contributed by atoms with E-state index in [0.717, 1.165) is 0 Å². The van der Waals surface area contributed by atoms with E-state index in [4.69, 9.17) is 11.6 Å². The molecule has 0 spiro atoms. The summed E-state index contributed by atoms with van der Waals surface area (Å²) >= 11 is 5.77. The summed E-state index contributed by atoms with van der Waals surface area (Å²) in [5.74, 6) is -0.0892. The van der Waals surface area contributed by atoms with E-state index in [0.29, 0.717) is 10.6 Å². The summed E-state index contributed by atoms with van der Waals surface area (Å²) in [5, 5.41) is 0.371. The van der Waals surface area contributed by atoms with Crippen molar-refractivity contribution in [2.24, 2.45) is 0 Å². The molecule has 1 aromatic heterocycles. The zero-order valence-corrected chi connectivity index (χ0v) is 12.1. The van der Waals surface area contributed by atoms with Crippen LogP contribution in [0.15, 0.2) is 47.5 Å². The minimum absolute atomic E-state index is 0.00743. The van der Waals surface area contributed by atoms with Crippen LogP contribution in [0.25, 0.3) is 0 Å². The Labute approximate surface area is 121 Å². The van der Waals surface area contributed by atoms with Gasteiger partial charge in [0.05, 0.1) is 4.90 Å².